The molecule has 0 aliphatic carbocycles. The van der Waals surface area contributed by atoms with Crippen LogP contribution in [0.15, 0.2) is 30.3 Å². The largest absolute Gasteiger partial charge is 0.300 e. The molecule has 2 aliphatic rings. The Kier molecular flexibility index (Phi) is 5.69. The molecule has 6 heteroatoms. The normalized spacial score (nSPS) is 22.3. The zero-order valence-corrected chi connectivity index (χ0v) is 14.5. The third-order valence-corrected chi connectivity index (χ3v) is 6.89. The molecule has 5 nitrogen and oxygen atoms in total. The van der Waals surface area contributed by atoms with E-state index in [0.717, 1.165) is 45.3 Å². The van der Waals surface area contributed by atoms with Gasteiger partial charge in [0, 0.05) is 45.8 Å². The van der Waals surface area contributed by atoms with Gasteiger partial charge < -0.3 is 4.90 Å². The van der Waals surface area contributed by atoms with Gasteiger partial charge >= 0.3 is 0 Å². The topological polar surface area (TPSA) is 43.9 Å². The van der Waals surface area contributed by atoms with Crippen LogP contribution in [0.3, 0.4) is 0 Å². The van der Waals surface area contributed by atoms with E-state index in [4.69, 9.17) is 0 Å². The molecule has 0 N–H and O–H groups in total. The Hall–Kier alpha value is -0.950. The minimum absolute atomic E-state index is 0.619. The first-order valence-corrected chi connectivity index (χ1v) is 10.1. The third-order valence-electron chi connectivity index (χ3n) is 4.86. The van der Waals surface area contributed by atoms with Crippen molar-refractivity contribution in [2.75, 3.05) is 45.8 Å². The summed E-state index contributed by atoms with van der Waals surface area (Å²) in [7, 11) is -3.24. The van der Waals surface area contributed by atoms with Crippen molar-refractivity contribution in [1.82, 2.24) is 13.5 Å². The zero-order valence-electron chi connectivity index (χ0n) is 13.7. The Morgan fingerprint density at radius 3 is 2.04 bits per heavy atom. The van der Waals surface area contributed by atoms with Gasteiger partial charge in [0.15, 0.2) is 0 Å². The molecular weight excluding hydrogens is 310 g/mol. The SMILES string of the molecule is O=S(=O)(N1CCCCC1)N1CCN(CCc2ccccc2)CC1. The van der Waals surface area contributed by atoms with Crippen LogP contribution < -0.4 is 0 Å². The van der Waals surface area contributed by atoms with E-state index in [1.807, 2.05) is 6.07 Å². The minimum atomic E-state index is -3.24. The standard InChI is InChI=1S/C17H27N3O2S/c21-23(22,19-10-5-2-6-11-19)20-15-13-18(14-16-20)12-9-17-7-3-1-4-8-17/h1,3-4,7-8H,2,5-6,9-16H2. The number of hydrogen-bond donors (Lipinski definition) is 0. The highest BCUT2D eigenvalue weighted by molar-refractivity contribution is 7.86. The van der Waals surface area contributed by atoms with Gasteiger partial charge in [-0.1, -0.05) is 36.8 Å². The highest BCUT2D eigenvalue weighted by atomic mass is 32.2. The van der Waals surface area contributed by atoms with Gasteiger partial charge in [0.2, 0.25) is 0 Å². The lowest BCUT2D eigenvalue weighted by atomic mass is 10.1. The van der Waals surface area contributed by atoms with E-state index in [1.54, 1.807) is 8.61 Å². The van der Waals surface area contributed by atoms with Crippen molar-refractivity contribution >= 4 is 10.2 Å². The molecule has 0 aromatic heterocycles. The first kappa shape index (κ1) is 16.9. The van der Waals surface area contributed by atoms with Crippen LogP contribution in [-0.4, -0.2) is 67.7 Å². The molecule has 0 spiro atoms. The molecule has 0 bridgehead atoms. The molecule has 1 aromatic rings. The van der Waals surface area contributed by atoms with Crippen molar-refractivity contribution in [2.24, 2.45) is 0 Å². The summed E-state index contributed by atoms with van der Waals surface area (Å²) in [5.74, 6) is 0. The van der Waals surface area contributed by atoms with Crippen molar-refractivity contribution in [1.29, 1.82) is 0 Å². The average Bonchev–Trinajstić information content (AvgIpc) is 2.62. The lowest BCUT2D eigenvalue weighted by molar-refractivity contribution is 0.180. The van der Waals surface area contributed by atoms with E-state index < -0.39 is 10.2 Å². The minimum Gasteiger partial charge on any atom is -0.300 e. The second-order valence-corrected chi connectivity index (χ2v) is 8.37. The van der Waals surface area contributed by atoms with E-state index in [9.17, 15) is 8.42 Å². The number of benzene rings is 1. The monoisotopic (exact) mass is 337 g/mol. The molecule has 0 saturated carbocycles. The Labute approximate surface area is 140 Å². The maximum Gasteiger partial charge on any atom is 0.282 e. The van der Waals surface area contributed by atoms with Gasteiger partial charge in [-0.15, -0.1) is 0 Å². The fourth-order valence-corrected chi connectivity index (χ4v) is 5.05. The Morgan fingerprint density at radius 1 is 0.783 bits per heavy atom. The maximum absolute atomic E-state index is 12.7. The molecule has 128 valence electrons. The summed E-state index contributed by atoms with van der Waals surface area (Å²) < 4.78 is 28.7. The molecule has 0 radical (unpaired) electrons. The van der Waals surface area contributed by atoms with E-state index in [0.29, 0.717) is 26.2 Å². The van der Waals surface area contributed by atoms with Crippen LogP contribution in [0.25, 0.3) is 0 Å². The zero-order chi connectivity index (χ0) is 16.1. The lowest BCUT2D eigenvalue weighted by Crippen LogP contribution is -2.54. The lowest BCUT2D eigenvalue weighted by Gasteiger charge is -2.37. The van der Waals surface area contributed by atoms with Gasteiger partial charge in [-0.25, -0.2) is 0 Å². The van der Waals surface area contributed by atoms with Gasteiger partial charge in [0.1, 0.15) is 0 Å². The van der Waals surface area contributed by atoms with Crippen LogP contribution in [0.1, 0.15) is 24.8 Å². The summed E-state index contributed by atoms with van der Waals surface area (Å²) >= 11 is 0. The van der Waals surface area contributed by atoms with Crippen LogP contribution in [0.2, 0.25) is 0 Å². The number of piperazine rings is 1. The van der Waals surface area contributed by atoms with Crippen molar-refractivity contribution < 1.29 is 8.42 Å². The van der Waals surface area contributed by atoms with Crippen LogP contribution in [0, 0.1) is 0 Å². The highest BCUT2D eigenvalue weighted by Crippen LogP contribution is 2.18. The average molecular weight is 337 g/mol. The predicted octanol–water partition coefficient (Wildman–Crippen LogP) is 1.58. The summed E-state index contributed by atoms with van der Waals surface area (Å²) in [6, 6.07) is 10.5. The predicted molar refractivity (Wildman–Crippen MR) is 92.5 cm³/mol. The molecule has 2 fully saturated rings. The first-order valence-electron chi connectivity index (χ1n) is 8.68. The summed E-state index contributed by atoms with van der Waals surface area (Å²) in [5, 5.41) is 0. The van der Waals surface area contributed by atoms with E-state index in [1.165, 1.54) is 5.56 Å². The first-order chi connectivity index (χ1) is 11.2. The summed E-state index contributed by atoms with van der Waals surface area (Å²) in [6.45, 7) is 5.29. The van der Waals surface area contributed by atoms with Crippen molar-refractivity contribution in [2.45, 2.75) is 25.7 Å². The van der Waals surface area contributed by atoms with Gasteiger partial charge in [-0.3, -0.25) is 0 Å². The van der Waals surface area contributed by atoms with Crippen molar-refractivity contribution in [3.63, 3.8) is 0 Å². The second kappa shape index (κ2) is 7.75. The van der Waals surface area contributed by atoms with Gasteiger partial charge in [0.25, 0.3) is 10.2 Å². The molecule has 0 amide bonds. The number of rotatable bonds is 5. The summed E-state index contributed by atoms with van der Waals surface area (Å²) in [6.07, 6.45) is 4.17. The highest BCUT2D eigenvalue weighted by Gasteiger charge is 2.32. The number of nitrogens with zero attached hydrogens (tertiary/aromatic N) is 3. The van der Waals surface area contributed by atoms with Crippen molar-refractivity contribution in [3.05, 3.63) is 35.9 Å². The third kappa shape index (κ3) is 4.32. The molecule has 3 rings (SSSR count). The second-order valence-electron chi connectivity index (χ2n) is 6.44. The molecular formula is C17H27N3O2S. The van der Waals surface area contributed by atoms with Crippen LogP contribution in [-0.2, 0) is 16.6 Å². The molecule has 2 aliphatic heterocycles. The van der Waals surface area contributed by atoms with Gasteiger partial charge in [-0.05, 0) is 24.8 Å². The fraction of sp³-hybridized carbons (Fsp3) is 0.647. The quantitative estimate of drug-likeness (QED) is 0.819. The van der Waals surface area contributed by atoms with E-state index >= 15 is 0 Å². The van der Waals surface area contributed by atoms with Crippen molar-refractivity contribution in [3.8, 4) is 0 Å². The smallest absolute Gasteiger partial charge is 0.282 e. The molecule has 1 aromatic carbocycles. The number of hydrogen-bond acceptors (Lipinski definition) is 3. The van der Waals surface area contributed by atoms with Crippen LogP contribution >= 0.6 is 0 Å². The molecule has 2 saturated heterocycles. The van der Waals surface area contributed by atoms with E-state index in [-0.39, 0.29) is 0 Å². The maximum atomic E-state index is 12.7. The summed E-state index contributed by atoms with van der Waals surface area (Å²) in [5.41, 5.74) is 1.34. The van der Waals surface area contributed by atoms with Crippen LogP contribution in [0.5, 0.6) is 0 Å². The summed E-state index contributed by atoms with van der Waals surface area (Å²) in [4.78, 5) is 2.37. The molecule has 0 unspecified atom stereocenters. The van der Waals surface area contributed by atoms with Gasteiger partial charge in [-0.2, -0.15) is 17.0 Å². The van der Waals surface area contributed by atoms with Crippen LogP contribution in [0.4, 0.5) is 0 Å². The Bertz CT molecular complexity index is 577. The molecule has 0 atom stereocenters. The van der Waals surface area contributed by atoms with Gasteiger partial charge in [0.05, 0.1) is 0 Å². The number of piperidine rings is 1. The Morgan fingerprint density at radius 2 is 1.39 bits per heavy atom. The fourth-order valence-electron chi connectivity index (χ4n) is 3.37. The van der Waals surface area contributed by atoms with E-state index in [2.05, 4.69) is 29.2 Å². The Balaban J connectivity index is 1.48. The molecule has 23 heavy (non-hydrogen) atoms. The molecule has 2 heterocycles.